The Bertz CT molecular complexity index is 94.6. The van der Waals surface area contributed by atoms with Gasteiger partial charge >= 0.3 is 0 Å². The van der Waals surface area contributed by atoms with E-state index in [1.165, 1.54) is 19.3 Å². The van der Waals surface area contributed by atoms with Crippen molar-refractivity contribution in [2.45, 2.75) is 38.4 Å². The molecule has 0 spiro atoms. The standard InChI is InChI=1S/C7H12O/c1-2-5-3-6-4-7(5)8-6/h5-7H,2-4H2,1H3. The second-order valence-electron chi connectivity index (χ2n) is 2.94. The summed E-state index contributed by atoms with van der Waals surface area (Å²) in [4.78, 5) is 0. The highest BCUT2D eigenvalue weighted by atomic mass is 16.5. The van der Waals surface area contributed by atoms with Gasteiger partial charge in [0.15, 0.2) is 0 Å². The zero-order valence-electron chi connectivity index (χ0n) is 5.26. The fourth-order valence-electron chi connectivity index (χ4n) is 1.87. The predicted molar refractivity (Wildman–Crippen MR) is 31.7 cm³/mol. The molecule has 2 saturated heterocycles. The summed E-state index contributed by atoms with van der Waals surface area (Å²) in [5, 5.41) is 0. The van der Waals surface area contributed by atoms with Gasteiger partial charge in [-0.1, -0.05) is 13.3 Å². The van der Waals surface area contributed by atoms with E-state index >= 15 is 0 Å². The van der Waals surface area contributed by atoms with Gasteiger partial charge in [0.2, 0.25) is 0 Å². The largest absolute Gasteiger partial charge is 0.374 e. The Balaban J connectivity index is 2.00. The van der Waals surface area contributed by atoms with Crippen LogP contribution in [-0.2, 0) is 4.74 Å². The average molecular weight is 112 g/mol. The van der Waals surface area contributed by atoms with Gasteiger partial charge in [-0.2, -0.15) is 0 Å². The van der Waals surface area contributed by atoms with Gasteiger partial charge in [0.25, 0.3) is 0 Å². The van der Waals surface area contributed by atoms with Crippen molar-refractivity contribution < 1.29 is 4.74 Å². The lowest BCUT2D eigenvalue weighted by Gasteiger charge is -2.25. The average Bonchev–Trinajstić information content (AvgIpc) is 2.15. The van der Waals surface area contributed by atoms with Gasteiger partial charge in [-0.25, -0.2) is 0 Å². The maximum atomic E-state index is 5.45. The first kappa shape index (κ1) is 4.80. The Kier molecular flexibility index (Phi) is 0.884. The van der Waals surface area contributed by atoms with Crippen LogP contribution in [-0.4, -0.2) is 12.2 Å². The van der Waals surface area contributed by atoms with Crippen LogP contribution in [0.1, 0.15) is 26.2 Å². The molecule has 1 nitrogen and oxygen atoms in total. The Hall–Kier alpha value is -0.0400. The third-order valence-corrected chi connectivity index (χ3v) is 2.48. The van der Waals surface area contributed by atoms with Gasteiger partial charge in [-0.05, 0) is 12.3 Å². The fraction of sp³-hybridized carbons (Fsp3) is 1.00. The third kappa shape index (κ3) is 0.455. The molecule has 8 heavy (non-hydrogen) atoms. The van der Waals surface area contributed by atoms with Gasteiger partial charge in [0.05, 0.1) is 12.2 Å². The maximum Gasteiger partial charge on any atom is 0.0632 e. The molecule has 2 aliphatic heterocycles. The summed E-state index contributed by atoms with van der Waals surface area (Å²) in [5.74, 6) is 0.917. The summed E-state index contributed by atoms with van der Waals surface area (Å²) in [5.41, 5.74) is 0. The summed E-state index contributed by atoms with van der Waals surface area (Å²) >= 11 is 0. The summed E-state index contributed by atoms with van der Waals surface area (Å²) in [6.45, 7) is 2.26. The van der Waals surface area contributed by atoms with E-state index < -0.39 is 0 Å². The van der Waals surface area contributed by atoms with E-state index in [1.54, 1.807) is 0 Å². The molecule has 1 saturated carbocycles. The quantitative estimate of drug-likeness (QED) is 0.500. The lowest BCUT2D eigenvalue weighted by Crippen LogP contribution is -2.28. The van der Waals surface area contributed by atoms with E-state index in [2.05, 4.69) is 6.92 Å². The molecule has 0 aromatic carbocycles. The van der Waals surface area contributed by atoms with Crippen molar-refractivity contribution in [3.05, 3.63) is 0 Å². The van der Waals surface area contributed by atoms with E-state index in [-0.39, 0.29) is 0 Å². The topological polar surface area (TPSA) is 9.23 Å². The summed E-state index contributed by atoms with van der Waals surface area (Å²) in [6.07, 6.45) is 5.37. The minimum atomic E-state index is 0.671. The molecule has 0 radical (unpaired) electrons. The molecule has 3 aliphatic rings. The highest BCUT2D eigenvalue weighted by molar-refractivity contribution is 4.93. The zero-order chi connectivity index (χ0) is 5.56. The van der Waals surface area contributed by atoms with Crippen LogP contribution in [0.15, 0.2) is 0 Å². The molecule has 46 valence electrons. The summed E-state index contributed by atoms with van der Waals surface area (Å²) < 4.78 is 5.45. The van der Waals surface area contributed by atoms with Crippen LogP contribution in [0.5, 0.6) is 0 Å². The lowest BCUT2D eigenvalue weighted by atomic mass is 10.0. The monoisotopic (exact) mass is 112 g/mol. The molecule has 1 heteroatoms. The second-order valence-corrected chi connectivity index (χ2v) is 2.94. The maximum absolute atomic E-state index is 5.45. The SMILES string of the molecule is CCC1CC2CC1O2. The first-order valence-electron chi connectivity index (χ1n) is 3.55. The van der Waals surface area contributed by atoms with Gasteiger partial charge in [-0.15, -0.1) is 0 Å². The molecular weight excluding hydrogens is 100 g/mol. The molecule has 0 amide bonds. The van der Waals surface area contributed by atoms with Crippen LogP contribution < -0.4 is 0 Å². The lowest BCUT2D eigenvalue weighted by molar-refractivity contribution is -0.0747. The number of ether oxygens (including phenoxy) is 1. The number of fused-ring (bicyclic) bond motifs is 1. The van der Waals surface area contributed by atoms with Crippen LogP contribution in [0, 0.1) is 5.92 Å². The van der Waals surface area contributed by atoms with Crippen LogP contribution in [0.4, 0.5) is 0 Å². The van der Waals surface area contributed by atoms with Crippen molar-refractivity contribution >= 4 is 0 Å². The zero-order valence-corrected chi connectivity index (χ0v) is 5.26. The van der Waals surface area contributed by atoms with Gasteiger partial charge < -0.3 is 4.74 Å². The highest BCUT2D eigenvalue weighted by Gasteiger charge is 2.44. The number of rotatable bonds is 1. The highest BCUT2D eigenvalue weighted by Crippen LogP contribution is 2.42. The first-order chi connectivity index (χ1) is 3.90. The molecule has 3 fully saturated rings. The van der Waals surface area contributed by atoms with Crippen molar-refractivity contribution in [1.29, 1.82) is 0 Å². The van der Waals surface area contributed by atoms with Crippen LogP contribution in [0.3, 0.4) is 0 Å². The van der Waals surface area contributed by atoms with Crippen molar-refractivity contribution in [2.75, 3.05) is 0 Å². The van der Waals surface area contributed by atoms with Crippen LogP contribution >= 0.6 is 0 Å². The number of hydrogen-bond donors (Lipinski definition) is 0. The molecule has 3 atom stereocenters. The van der Waals surface area contributed by atoms with Gasteiger partial charge in [-0.3, -0.25) is 0 Å². The minimum Gasteiger partial charge on any atom is -0.374 e. The molecule has 2 bridgehead atoms. The van der Waals surface area contributed by atoms with Crippen molar-refractivity contribution in [1.82, 2.24) is 0 Å². The first-order valence-corrected chi connectivity index (χ1v) is 3.55. The number of hydrogen-bond acceptors (Lipinski definition) is 1. The molecule has 0 aromatic rings. The molecule has 0 aromatic heterocycles. The minimum absolute atomic E-state index is 0.671. The van der Waals surface area contributed by atoms with E-state index in [9.17, 15) is 0 Å². The second kappa shape index (κ2) is 1.47. The van der Waals surface area contributed by atoms with E-state index in [0.717, 1.165) is 5.92 Å². The molecule has 3 rings (SSSR count). The fourth-order valence-corrected chi connectivity index (χ4v) is 1.87. The van der Waals surface area contributed by atoms with E-state index in [4.69, 9.17) is 4.74 Å². The smallest absolute Gasteiger partial charge is 0.0632 e. The predicted octanol–water partition coefficient (Wildman–Crippen LogP) is 1.57. The molecule has 0 N–H and O–H groups in total. The van der Waals surface area contributed by atoms with Crippen molar-refractivity contribution in [3.8, 4) is 0 Å². The Morgan fingerprint density at radius 1 is 1.50 bits per heavy atom. The molecule has 3 unspecified atom stereocenters. The molecular formula is C7H12O. The normalized spacial score (nSPS) is 51.4. The van der Waals surface area contributed by atoms with Crippen LogP contribution in [0.25, 0.3) is 0 Å². The van der Waals surface area contributed by atoms with Gasteiger partial charge in [0.1, 0.15) is 0 Å². The molecule has 2 heterocycles. The molecule has 1 aliphatic carbocycles. The van der Waals surface area contributed by atoms with Crippen molar-refractivity contribution in [3.63, 3.8) is 0 Å². The van der Waals surface area contributed by atoms with E-state index in [0.29, 0.717) is 12.2 Å². The Morgan fingerprint density at radius 2 is 2.25 bits per heavy atom. The van der Waals surface area contributed by atoms with Crippen molar-refractivity contribution in [2.24, 2.45) is 5.92 Å². The summed E-state index contributed by atoms with van der Waals surface area (Å²) in [6, 6.07) is 0. The Labute approximate surface area is 50.0 Å². The summed E-state index contributed by atoms with van der Waals surface area (Å²) in [7, 11) is 0. The van der Waals surface area contributed by atoms with Gasteiger partial charge in [0, 0.05) is 6.42 Å². The van der Waals surface area contributed by atoms with E-state index in [1.807, 2.05) is 0 Å². The third-order valence-electron chi connectivity index (χ3n) is 2.48. The van der Waals surface area contributed by atoms with Crippen LogP contribution in [0.2, 0.25) is 0 Å². The Morgan fingerprint density at radius 3 is 2.50 bits per heavy atom.